The lowest BCUT2D eigenvalue weighted by Gasteiger charge is -2.32. The Morgan fingerprint density at radius 3 is 2.58 bits per heavy atom. The van der Waals surface area contributed by atoms with Crippen molar-refractivity contribution >= 4 is 17.7 Å². The van der Waals surface area contributed by atoms with Crippen molar-refractivity contribution in [2.45, 2.75) is 30.7 Å². The summed E-state index contributed by atoms with van der Waals surface area (Å²) in [4.78, 5) is 15.5. The summed E-state index contributed by atoms with van der Waals surface area (Å²) in [6.45, 7) is 4.84. The van der Waals surface area contributed by atoms with E-state index in [1.807, 2.05) is 43.3 Å². The molecule has 1 N–H and O–H groups in total. The number of carbonyl (C=O) groups excluding carboxylic acids is 1. The second-order valence-corrected chi connectivity index (χ2v) is 7.82. The van der Waals surface area contributed by atoms with Gasteiger partial charge in [0.1, 0.15) is 5.82 Å². The number of benzene rings is 2. The van der Waals surface area contributed by atoms with Gasteiger partial charge in [0.25, 0.3) is 5.91 Å². The molecule has 0 aromatic heterocycles. The zero-order valence-corrected chi connectivity index (χ0v) is 15.9. The van der Waals surface area contributed by atoms with Gasteiger partial charge in [-0.15, -0.1) is 11.8 Å². The van der Waals surface area contributed by atoms with E-state index in [9.17, 15) is 9.18 Å². The van der Waals surface area contributed by atoms with Gasteiger partial charge in [-0.2, -0.15) is 0 Å². The first-order valence-corrected chi connectivity index (χ1v) is 10.1. The number of halogens is 1. The molecule has 0 radical (unpaired) electrons. The lowest BCUT2D eigenvalue weighted by atomic mass is 10.0. The number of aryl methyl sites for hydroxylation is 1. The van der Waals surface area contributed by atoms with E-state index in [0.29, 0.717) is 4.90 Å². The van der Waals surface area contributed by atoms with E-state index in [1.165, 1.54) is 6.07 Å². The highest BCUT2D eigenvalue weighted by atomic mass is 32.2. The third kappa shape index (κ3) is 5.08. The number of likely N-dealkylation sites (tertiary alicyclic amines) is 1. The Bertz CT molecular complexity index is 744. The number of hydrogen-bond acceptors (Lipinski definition) is 3. The predicted molar refractivity (Wildman–Crippen MR) is 105 cm³/mol. The Kier molecular flexibility index (Phi) is 6.69. The summed E-state index contributed by atoms with van der Waals surface area (Å²) in [5, 5.41) is 3.17. The summed E-state index contributed by atoms with van der Waals surface area (Å²) in [5.41, 5.74) is 1.77. The maximum absolute atomic E-state index is 13.6. The maximum Gasteiger partial charge on any atom is 0.251 e. The summed E-state index contributed by atoms with van der Waals surface area (Å²) in [6, 6.07) is 14.8. The van der Waals surface area contributed by atoms with Crippen LogP contribution in [0.3, 0.4) is 0 Å². The van der Waals surface area contributed by atoms with Gasteiger partial charge in [-0.05, 0) is 43.5 Å². The van der Waals surface area contributed by atoms with Crippen molar-refractivity contribution in [1.82, 2.24) is 10.2 Å². The van der Waals surface area contributed by atoms with Crippen molar-refractivity contribution in [3.05, 3.63) is 65.5 Å². The van der Waals surface area contributed by atoms with Crippen LogP contribution < -0.4 is 5.32 Å². The number of rotatable bonds is 6. The summed E-state index contributed by atoms with van der Waals surface area (Å²) in [5.74, 6) is 0.757. The van der Waals surface area contributed by atoms with Crippen molar-refractivity contribution < 1.29 is 9.18 Å². The van der Waals surface area contributed by atoms with Crippen LogP contribution in [0.5, 0.6) is 0 Å². The van der Waals surface area contributed by atoms with E-state index in [4.69, 9.17) is 0 Å². The van der Waals surface area contributed by atoms with E-state index in [0.717, 1.165) is 49.4 Å². The third-order valence-corrected chi connectivity index (χ3v) is 5.84. The second kappa shape index (κ2) is 9.19. The van der Waals surface area contributed by atoms with E-state index < -0.39 is 0 Å². The lowest BCUT2D eigenvalue weighted by molar-refractivity contribution is 0.0912. The molecule has 2 aromatic rings. The molecular formula is C21H25FN2OS. The van der Waals surface area contributed by atoms with Crippen molar-refractivity contribution in [2.24, 2.45) is 0 Å². The van der Waals surface area contributed by atoms with E-state index in [-0.39, 0.29) is 17.8 Å². The first-order valence-electron chi connectivity index (χ1n) is 9.09. The summed E-state index contributed by atoms with van der Waals surface area (Å²) < 4.78 is 13.6. The van der Waals surface area contributed by atoms with Crippen LogP contribution in [-0.4, -0.2) is 42.2 Å². The number of nitrogens with zero attached hydrogens (tertiary/aromatic N) is 1. The van der Waals surface area contributed by atoms with Crippen LogP contribution in [0, 0.1) is 12.7 Å². The number of thioether (sulfide) groups is 1. The van der Waals surface area contributed by atoms with Crippen LogP contribution in [-0.2, 0) is 0 Å². The molecule has 2 aromatic carbocycles. The first-order chi connectivity index (χ1) is 12.6. The molecule has 5 heteroatoms. The molecule has 1 saturated heterocycles. The van der Waals surface area contributed by atoms with Gasteiger partial charge in [0.05, 0.1) is 0 Å². The zero-order chi connectivity index (χ0) is 18.4. The highest BCUT2D eigenvalue weighted by Gasteiger charge is 2.21. The fraction of sp³-hybridized carbons (Fsp3) is 0.381. The molecule has 3 rings (SSSR count). The highest BCUT2D eigenvalue weighted by molar-refractivity contribution is 7.99. The number of nitrogens with one attached hydrogen (secondary N) is 1. The van der Waals surface area contributed by atoms with Gasteiger partial charge < -0.3 is 10.2 Å². The standard InChI is InChI=1S/C21H25FN2OS/c1-16-6-2-3-7-18(16)21(25)23-17-10-12-24(13-11-17)14-15-26-20-9-5-4-8-19(20)22/h2-9,17H,10-15H2,1H3,(H,23,25). The topological polar surface area (TPSA) is 32.3 Å². The van der Waals surface area contributed by atoms with Crippen LogP contribution in [0.25, 0.3) is 0 Å². The molecular weight excluding hydrogens is 347 g/mol. The molecule has 0 spiro atoms. The predicted octanol–water partition coefficient (Wildman–Crippen LogP) is 4.12. The SMILES string of the molecule is Cc1ccccc1C(=O)NC1CCN(CCSc2ccccc2F)CC1. The average molecular weight is 373 g/mol. The molecule has 0 aliphatic carbocycles. The Labute approximate surface area is 159 Å². The van der Waals surface area contributed by atoms with Crippen LogP contribution >= 0.6 is 11.8 Å². The quantitative estimate of drug-likeness (QED) is 0.774. The normalized spacial score (nSPS) is 15.8. The molecule has 1 aliphatic rings. The van der Waals surface area contributed by atoms with Gasteiger partial charge in [0, 0.05) is 41.9 Å². The summed E-state index contributed by atoms with van der Waals surface area (Å²) in [6.07, 6.45) is 1.92. The molecule has 1 heterocycles. The van der Waals surface area contributed by atoms with Gasteiger partial charge in [0.2, 0.25) is 0 Å². The fourth-order valence-corrected chi connectivity index (χ4v) is 4.19. The van der Waals surface area contributed by atoms with Crippen LogP contribution in [0.15, 0.2) is 53.4 Å². The van der Waals surface area contributed by atoms with Gasteiger partial charge in [-0.3, -0.25) is 4.79 Å². The smallest absolute Gasteiger partial charge is 0.251 e. The van der Waals surface area contributed by atoms with Crippen molar-refractivity contribution in [2.75, 3.05) is 25.4 Å². The molecule has 1 fully saturated rings. The maximum atomic E-state index is 13.6. The molecule has 1 amide bonds. The van der Waals surface area contributed by atoms with Crippen molar-refractivity contribution in [3.8, 4) is 0 Å². The van der Waals surface area contributed by atoms with Gasteiger partial charge >= 0.3 is 0 Å². The van der Waals surface area contributed by atoms with E-state index >= 15 is 0 Å². The lowest BCUT2D eigenvalue weighted by Crippen LogP contribution is -2.45. The minimum Gasteiger partial charge on any atom is -0.349 e. The second-order valence-electron chi connectivity index (χ2n) is 6.68. The zero-order valence-electron chi connectivity index (χ0n) is 15.1. The van der Waals surface area contributed by atoms with Crippen LogP contribution in [0.2, 0.25) is 0 Å². The van der Waals surface area contributed by atoms with Crippen LogP contribution in [0.4, 0.5) is 4.39 Å². The largest absolute Gasteiger partial charge is 0.349 e. The molecule has 0 atom stereocenters. The Balaban J connectivity index is 1.40. The van der Waals surface area contributed by atoms with Crippen LogP contribution in [0.1, 0.15) is 28.8 Å². The molecule has 26 heavy (non-hydrogen) atoms. The molecule has 3 nitrogen and oxygen atoms in total. The number of carbonyl (C=O) groups is 1. The number of piperidine rings is 1. The minimum absolute atomic E-state index is 0.0247. The highest BCUT2D eigenvalue weighted by Crippen LogP contribution is 2.21. The van der Waals surface area contributed by atoms with Crippen molar-refractivity contribution in [1.29, 1.82) is 0 Å². The molecule has 0 bridgehead atoms. The number of hydrogen-bond donors (Lipinski definition) is 1. The summed E-state index contributed by atoms with van der Waals surface area (Å²) in [7, 11) is 0. The molecule has 0 saturated carbocycles. The van der Waals surface area contributed by atoms with Gasteiger partial charge in [-0.1, -0.05) is 30.3 Å². The fourth-order valence-electron chi connectivity index (χ4n) is 3.24. The monoisotopic (exact) mass is 372 g/mol. The Hall–Kier alpha value is -1.85. The third-order valence-electron chi connectivity index (χ3n) is 4.81. The van der Waals surface area contributed by atoms with E-state index in [2.05, 4.69) is 10.2 Å². The van der Waals surface area contributed by atoms with Gasteiger partial charge in [-0.25, -0.2) is 4.39 Å². The Morgan fingerprint density at radius 1 is 1.15 bits per heavy atom. The average Bonchev–Trinajstić information content (AvgIpc) is 2.65. The first kappa shape index (κ1) is 18.9. The molecule has 0 unspecified atom stereocenters. The van der Waals surface area contributed by atoms with E-state index in [1.54, 1.807) is 17.8 Å². The summed E-state index contributed by atoms with van der Waals surface area (Å²) >= 11 is 1.56. The van der Waals surface area contributed by atoms with Crippen molar-refractivity contribution in [3.63, 3.8) is 0 Å². The number of amides is 1. The minimum atomic E-state index is -0.143. The Morgan fingerprint density at radius 2 is 1.85 bits per heavy atom. The van der Waals surface area contributed by atoms with Gasteiger partial charge in [0.15, 0.2) is 0 Å². The molecule has 1 aliphatic heterocycles. The molecule has 138 valence electrons.